The lowest BCUT2D eigenvalue weighted by atomic mass is 10.1. The summed E-state index contributed by atoms with van der Waals surface area (Å²) in [6.07, 6.45) is 0.532. The Morgan fingerprint density at radius 1 is 1.43 bits per heavy atom. The van der Waals surface area contributed by atoms with Crippen LogP contribution in [-0.4, -0.2) is 26.7 Å². The fourth-order valence-corrected chi connectivity index (χ4v) is 2.24. The summed E-state index contributed by atoms with van der Waals surface area (Å²) in [5, 5.41) is 9.62. The number of H-pyrrole nitrogens is 1. The molecular formula is C14H18F2N4O. The summed E-state index contributed by atoms with van der Waals surface area (Å²) in [5.41, 5.74) is 2.07. The third-order valence-electron chi connectivity index (χ3n) is 3.20. The molecule has 0 aliphatic rings. The molecule has 0 unspecified atom stereocenters. The Hall–Kier alpha value is -2.18. The van der Waals surface area contributed by atoms with Gasteiger partial charge in [0.15, 0.2) is 0 Å². The van der Waals surface area contributed by atoms with Crippen molar-refractivity contribution in [2.45, 2.75) is 39.8 Å². The maximum Gasteiger partial charge on any atom is 0.319 e. The van der Waals surface area contributed by atoms with Crippen molar-refractivity contribution in [2.24, 2.45) is 0 Å². The van der Waals surface area contributed by atoms with Crippen LogP contribution in [0.2, 0.25) is 0 Å². The molecule has 0 radical (unpaired) electrons. The average Bonchev–Trinajstić information content (AvgIpc) is 2.95. The van der Waals surface area contributed by atoms with Gasteiger partial charge in [0.25, 0.3) is 5.91 Å². The molecule has 2 N–H and O–H groups in total. The van der Waals surface area contributed by atoms with Crippen molar-refractivity contribution in [3.05, 3.63) is 41.0 Å². The molecule has 2 aromatic rings. The van der Waals surface area contributed by atoms with Gasteiger partial charge in [-0.15, -0.1) is 0 Å². The monoisotopic (exact) mass is 296 g/mol. The third kappa shape index (κ3) is 3.48. The molecule has 1 amide bonds. The molecule has 0 saturated heterocycles. The number of hydrogen-bond donors (Lipinski definition) is 2. The number of halogens is 2. The zero-order valence-corrected chi connectivity index (χ0v) is 12.2. The highest BCUT2D eigenvalue weighted by Gasteiger charge is 2.20. The minimum Gasteiger partial charge on any atom is -0.348 e. The fraction of sp³-hybridized carbons (Fsp3) is 0.429. The van der Waals surface area contributed by atoms with E-state index in [-0.39, 0.29) is 11.7 Å². The zero-order chi connectivity index (χ0) is 15.6. The van der Waals surface area contributed by atoms with Gasteiger partial charge in [-0.25, -0.2) is 0 Å². The number of hydrogen-bond acceptors (Lipinski definition) is 2. The molecule has 0 spiro atoms. The first kappa shape index (κ1) is 15.2. The number of nitrogens with one attached hydrogen (secondary N) is 2. The van der Waals surface area contributed by atoms with E-state index in [1.165, 1.54) is 12.1 Å². The Bertz CT molecular complexity index is 633. The van der Waals surface area contributed by atoms with Gasteiger partial charge in [0.2, 0.25) is 0 Å². The molecule has 7 heteroatoms. The summed E-state index contributed by atoms with van der Waals surface area (Å²) in [7, 11) is 0. The zero-order valence-electron chi connectivity index (χ0n) is 12.2. The first-order chi connectivity index (χ1) is 9.88. The second kappa shape index (κ2) is 6.07. The van der Waals surface area contributed by atoms with E-state index in [4.69, 9.17) is 0 Å². The lowest BCUT2D eigenvalue weighted by Crippen LogP contribution is -2.35. The van der Waals surface area contributed by atoms with Crippen LogP contribution >= 0.6 is 0 Å². The quantitative estimate of drug-likeness (QED) is 0.891. The number of alkyl halides is 2. The minimum absolute atomic E-state index is 0.0347. The highest BCUT2D eigenvalue weighted by atomic mass is 19.3. The van der Waals surface area contributed by atoms with E-state index in [1.807, 2.05) is 19.9 Å². The Balaban J connectivity index is 2.04. The number of aromatic amines is 1. The van der Waals surface area contributed by atoms with Crippen LogP contribution in [0.4, 0.5) is 8.78 Å². The first-order valence-corrected chi connectivity index (χ1v) is 6.66. The SMILES string of the molecule is Cc1cc(C[C@@H](C)NC(=O)c2ccc(C)n2C(F)F)n[nH]1. The van der Waals surface area contributed by atoms with Crippen LogP contribution in [0, 0.1) is 13.8 Å². The minimum atomic E-state index is -2.73. The van der Waals surface area contributed by atoms with Crippen LogP contribution in [0.15, 0.2) is 18.2 Å². The normalized spacial score (nSPS) is 12.7. The molecule has 5 nitrogen and oxygen atoms in total. The van der Waals surface area contributed by atoms with E-state index < -0.39 is 12.5 Å². The van der Waals surface area contributed by atoms with Gasteiger partial charge < -0.3 is 5.32 Å². The molecule has 0 aromatic carbocycles. The number of aryl methyl sites for hydroxylation is 2. The number of carbonyl (C=O) groups is 1. The smallest absolute Gasteiger partial charge is 0.319 e. The van der Waals surface area contributed by atoms with Crippen molar-refractivity contribution in [3.63, 3.8) is 0 Å². The van der Waals surface area contributed by atoms with Crippen LogP contribution < -0.4 is 5.32 Å². The van der Waals surface area contributed by atoms with Gasteiger partial charge in [-0.05, 0) is 39.0 Å². The maximum atomic E-state index is 12.9. The van der Waals surface area contributed by atoms with Crippen molar-refractivity contribution in [2.75, 3.05) is 0 Å². The second-order valence-electron chi connectivity index (χ2n) is 5.13. The van der Waals surface area contributed by atoms with E-state index in [2.05, 4.69) is 15.5 Å². The van der Waals surface area contributed by atoms with Crippen LogP contribution in [-0.2, 0) is 6.42 Å². The van der Waals surface area contributed by atoms with Crippen molar-refractivity contribution >= 4 is 5.91 Å². The molecule has 0 aliphatic heterocycles. The van der Waals surface area contributed by atoms with Crippen LogP contribution in [0.25, 0.3) is 0 Å². The number of rotatable bonds is 5. The molecule has 2 aromatic heterocycles. The predicted molar refractivity (Wildman–Crippen MR) is 74.4 cm³/mol. The van der Waals surface area contributed by atoms with Crippen molar-refractivity contribution < 1.29 is 13.6 Å². The third-order valence-corrected chi connectivity index (χ3v) is 3.20. The standard InChI is InChI=1S/C14H18F2N4O/c1-8(6-11-7-9(2)18-19-11)17-13(21)12-5-4-10(3)20(12)14(15)16/h4-5,7-8,14H,6H2,1-3H3,(H,17,21)(H,18,19)/t8-/m1/s1. The van der Waals surface area contributed by atoms with Gasteiger partial charge >= 0.3 is 6.55 Å². The average molecular weight is 296 g/mol. The second-order valence-corrected chi connectivity index (χ2v) is 5.13. The maximum absolute atomic E-state index is 12.9. The summed E-state index contributed by atoms with van der Waals surface area (Å²) < 4.78 is 26.6. The predicted octanol–water partition coefficient (Wildman–Crippen LogP) is 2.58. The van der Waals surface area contributed by atoms with E-state index in [1.54, 1.807) is 6.92 Å². The molecule has 0 saturated carbocycles. The number of nitrogens with zero attached hydrogens (tertiary/aromatic N) is 2. The molecule has 1 atom stereocenters. The fourth-order valence-electron chi connectivity index (χ4n) is 2.24. The molecule has 2 rings (SSSR count). The van der Waals surface area contributed by atoms with Gasteiger partial charge in [-0.1, -0.05) is 0 Å². The van der Waals surface area contributed by atoms with Gasteiger partial charge in [0.1, 0.15) is 5.69 Å². The Labute approximate surface area is 121 Å². The molecule has 0 bridgehead atoms. The molecule has 0 aliphatic carbocycles. The van der Waals surface area contributed by atoms with E-state index in [0.717, 1.165) is 16.0 Å². The molecular weight excluding hydrogens is 278 g/mol. The van der Waals surface area contributed by atoms with Gasteiger partial charge in [0.05, 0.1) is 5.69 Å². The first-order valence-electron chi connectivity index (χ1n) is 6.66. The number of amides is 1. The Morgan fingerprint density at radius 3 is 2.71 bits per heavy atom. The lowest BCUT2D eigenvalue weighted by Gasteiger charge is -2.14. The molecule has 0 fully saturated rings. The van der Waals surface area contributed by atoms with E-state index in [0.29, 0.717) is 12.1 Å². The van der Waals surface area contributed by atoms with Crippen LogP contribution in [0.5, 0.6) is 0 Å². The molecule has 21 heavy (non-hydrogen) atoms. The lowest BCUT2D eigenvalue weighted by molar-refractivity contribution is 0.0614. The van der Waals surface area contributed by atoms with Gasteiger partial charge in [-0.2, -0.15) is 13.9 Å². The molecule has 2 heterocycles. The van der Waals surface area contributed by atoms with Crippen molar-refractivity contribution in [3.8, 4) is 0 Å². The Morgan fingerprint density at radius 2 is 2.14 bits per heavy atom. The van der Waals surface area contributed by atoms with Gasteiger partial charge in [0, 0.05) is 23.9 Å². The number of aromatic nitrogens is 3. The van der Waals surface area contributed by atoms with Crippen molar-refractivity contribution in [1.82, 2.24) is 20.1 Å². The summed E-state index contributed by atoms with van der Waals surface area (Å²) in [5.74, 6) is -0.511. The van der Waals surface area contributed by atoms with E-state index >= 15 is 0 Å². The van der Waals surface area contributed by atoms with Crippen LogP contribution in [0.3, 0.4) is 0 Å². The van der Waals surface area contributed by atoms with Crippen molar-refractivity contribution in [1.29, 1.82) is 0 Å². The van der Waals surface area contributed by atoms with E-state index in [9.17, 15) is 13.6 Å². The highest BCUT2D eigenvalue weighted by molar-refractivity contribution is 5.93. The summed E-state index contributed by atoms with van der Waals surface area (Å²) in [6, 6.07) is 4.58. The molecule has 114 valence electrons. The van der Waals surface area contributed by atoms with Crippen LogP contribution in [0.1, 0.15) is 41.0 Å². The Kier molecular flexibility index (Phi) is 4.40. The highest BCUT2D eigenvalue weighted by Crippen LogP contribution is 2.18. The van der Waals surface area contributed by atoms with Gasteiger partial charge in [-0.3, -0.25) is 14.5 Å². The topological polar surface area (TPSA) is 62.7 Å². The summed E-state index contributed by atoms with van der Waals surface area (Å²) in [4.78, 5) is 12.1. The number of carbonyl (C=O) groups excluding carboxylic acids is 1. The summed E-state index contributed by atoms with van der Waals surface area (Å²) in [6.45, 7) is 2.51. The largest absolute Gasteiger partial charge is 0.348 e. The summed E-state index contributed by atoms with van der Waals surface area (Å²) >= 11 is 0.